The largest absolute Gasteiger partial charge is 0.399 e. The van der Waals surface area contributed by atoms with Crippen LogP contribution in [0.4, 0.5) is 0 Å². The minimum atomic E-state index is 0.553. The summed E-state index contributed by atoms with van der Waals surface area (Å²) in [5, 5.41) is 3.42. The summed E-state index contributed by atoms with van der Waals surface area (Å²) in [5.74, 6) is 1.12. The Morgan fingerprint density at radius 2 is 2.38 bits per heavy atom. The lowest BCUT2D eigenvalue weighted by molar-refractivity contribution is 0.593. The van der Waals surface area contributed by atoms with Crippen molar-refractivity contribution < 1.29 is 0 Å². The first kappa shape index (κ1) is 7.01. The molecule has 2 aliphatic carbocycles. The van der Waals surface area contributed by atoms with Crippen molar-refractivity contribution >= 4 is 0 Å². The van der Waals surface area contributed by atoms with Crippen LogP contribution in [-0.2, 0) is 0 Å². The molecular formula is C11H12N2. The minimum absolute atomic E-state index is 0.553. The molecule has 0 bridgehead atoms. The zero-order valence-electron chi connectivity index (χ0n) is 7.33. The van der Waals surface area contributed by atoms with E-state index in [1.54, 1.807) is 0 Å². The Morgan fingerprint density at radius 3 is 3.31 bits per heavy atom. The standard InChI is InChI=1S/C11H12N2/c12-9-4-7-2-1-3-10-11(7)8(5-9)6-13-10/h1-5,8,11,13H,6,12H2. The molecular weight excluding hydrogens is 160 g/mol. The van der Waals surface area contributed by atoms with E-state index in [-0.39, 0.29) is 0 Å². The van der Waals surface area contributed by atoms with Crippen LogP contribution >= 0.6 is 0 Å². The van der Waals surface area contributed by atoms with E-state index >= 15 is 0 Å². The highest BCUT2D eigenvalue weighted by Gasteiger charge is 2.34. The second-order valence-corrected chi connectivity index (χ2v) is 3.81. The van der Waals surface area contributed by atoms with Crippen molar-refractivity contribution in [1.82, 2.24) is 5.32 Å². The number of nitrogens with two attached hydrogens (primary N) is 1. The molecule has 66 valence electrons. The molecule has 2 heteroatoms. The van der Waals surface area contributed by atoms with Gasteiger partial charge in [-0.3, -0.25) is 0 Å². The summed E-state index contributed by atoms with van der Waals surface area (Å²) in [5.41, 5.74) is 9.44. The summed E-state index contributed by atoms with van der Waals surface area (Å²) in [4.78, 5) is 0. The first-order valence-corrected chi connectivity index (χ1v) is 4.65. The summed E-state index contributed by atoms with van der Waals surface area (Å²) in [6, 6.07) is 0. The number of allylic oxidation sites excluding steroid dienone is 5. The van der Waals surface area contributed by atoms with Gasteiger partial charge >= 0.3 is 0 Å². The van der Waals surface area contributed by atoms with Gasteiger partial charge in [-0.1, -0.05) is 18.2 Å². The molecule has 1 heterocycles. The molecule has 2 unspecified atom stereocenters. The molecule has 0 aromatic rings. The van der Waals surface area contributed by atoms with Crippen LogP contribution in [0.1, 0.15) is 0 Å². The van der Waals surface area contributed by atoms with Gasteiger partial charge in [0.2, 0.25) is 0 Å². The molecule has 0 spiro atoms. The van der Waals surface area contributed by atoms with Gasteiger partial charge in [0.15, 0.2) is 0 Å². The van der Waals surface area contributed by atoms with E-state index in [4.69, 9.17) is 5.73 Å². The zero-order valence-corrected chi connectivity index (χ0v) is 7.33. The second-order valence-electron chi connectivity index (χ2n) is 3.81. The molecule has 1 aliphatic heterocycles. The Bertz CT molecular complexity index is 372. The van der Waals surface area contributed by atoms with E-state index in [0.717, 1.165) is 12.2 Å². The molecule has 1 saturated heterocycles. The molecule has 3 rings (SSSR count). The first-order valence-electron chi connectivity index (χ1n) is 4.65. The van der Waals surface area contributed by atoms with Crippen molar-refractivity contribution in [3.8, 4) is 0 Å². The van der Waals surface area contributed by atoms with Crippen molar-refractivity contribution in [2.75, 3.05) is 6.54 Å². The fourth-order valence-corrected chi connectivity index (χ4v) is 2.43. The van der Waals surface area contributed by atoms with Crippen LogP contribution in [0.3, 0.4) is 0 Å². The molecule has 0 radical (unpaired) electrons. The smallest absolute Gasteiger partial charge is 0.0318 e. The summed E-state index contributed by atoms with van der Waals surface area (Å²) in [6.07, 6.45) is 10.7. The van der Waals surface area contributed by atoms with Crippen LogP contribution in [0.25, 0.3) is 0 Å². The monoisotopic (exact) mass is 172 g/mol. The summed E-state index contributed by atoms with van der Waals surface area (Å²) in [7, 11) is 0. The quantitative estimate of drug-likeness (QED) is 0.573. The number of hydrogen-bond acceptors (Lipinski definition) is 2. The SMILES string of the molecule is NC1=CC2CNC3=CC=CC(=C1)C32. The predicted molar refractivity (Wildman–Crippen MR) is 52.6 cm³/mol. The maximum absolute atomic E-state index is 5.83. The lowest BCUT2D eigenvalue weighted by atomic mass is 9.80. The van der Waals surface area contributed by atoms with Gasteiger partial charge in [0.05, 0.1) is 0 Å². The average molecular weight is 172 g/mol. The van der Waals surface area contributed by atoms with Crippen molar-refractivity contribution in [1.29, 1.82) is 0 Å². The van der Waals surface area contributed by atoms with Gasteiger partial charge < -0.3 is 11.1 Å². The average Bonchev–Trinajstić information content (AvgIpc) is 2.50. The predicted octanol–water partition coefficient (Wildman–Crippen LogP) is 1.06. The molecule has 0 aromatic carbocycles. The molecule has 2 nitrogen and oxygen atoms in total. The molecule has 0 aromatic heterocycles. The van der Waals surface area contributed by atoms with Crippen LogP contribution in [0, 0.1) is 11.8 Å². The third-order valence-corrected chi connectivity index (χ3v) is 2.97. The van der Waals surface area contributed by atoms with Gasteiger partial charge in [-0.05, 0) is 17.7 Å². The maximum atomic E-state index is 5.83. The maximum Gasteiger partial charge on any atom is 0.0318 e. The van der Waals surface area contributed by atoms with Crippen LogP contribution in [-0.4, -0.2) is 6.54 Å². The number of rotatable bonds is 0. The summed E-state index contributed by atoms with van der Waals surface area (Å²) < 4.78 is 0. The molecule has 0 amide bonds. The van der Waals surface area contributed by atoms with Gasteiger partial charge in [0.1, 0.15) is 0 Å². The Labute approximate surface area is 77.5 Å². The second kappa shape index (κ2) is 2.28. The number of hydrogen-bond donors (Lipinski definition) is 2. The van der Waals surface area contributed by atoms with E-state index in [2.05, 4.69) is 35.7 Å². The summed E-state index contributed by atoms with van der Waals surface area (Å²) >= 11 is 0. The highest BCUT2D eigenvalue weighted by atomic mass is 14.9. The first-order chi connectivity index (χ1) is 6.34. The van der Waals surface area contributed by atoms with Crippen LogP contribution in [0.2, 0.25) is 0 Å². The highest BCUT2D eigenvalue weighted by molar-refractivity contribution is 5.47. The topological polar surface area (TPSA) is 38.0 Å². The summed E-state index contributed by atoms with van der Waals surface area (Å²) in [6.45, 7) is 1.02. The van der Waals surface area contributed by atoms with Gasteiger partial charge in [-0.15, -0.1) is 0 Å². The van der Waals surface area contributed by atoms with Crippen molar-refractivity contribution in [2.24, 2.45) is 17.6 Å². The lowest BCUT2D eigenvalue weighted by Gasteiger charge is -2.24. The fourth-order valence-electron chi connectivity index (χ4n) is 2.43. The van der Waals surface area contributed by atoms with Crippen molar-refractivity contribution in [3.63, 3.8) is 0 Å². The van der Waals surface area contributed by atoms with Crippen molar-refractivity contribution in [2.45, 2.75) is 0 Å². The van der Waals surface area contributed by atoms with Gasteiger partial charge in [-0.25, -0.2) is 0 Å². The Hall–Kier alpha value is -1.44. The van der Waals surface area contributed by atoms with Crippen LogP contribution in [0.15, 0.2) is 47.3 Å². The fraction of sp³-hybridized carbons (Fsp3) is 0.273. The van der Waals surface area contributed by atoms with E-state index in [1.165, 1.54) is 11.3 Å². The Balaban J connectivity index is 2.14. The van der Waals surface area contributed by atoms with Crippen molar-refractivity contribution in [3.05, 3.63) is 47.3 Å². The van der Waals surface area contributed by atoms with Crippen LogP contribution < -0.4 is 11.1 Å². The van der Waals surface area contributed by atoms with E-state index in [9.17, 15) is 0 Å². The molecule has 2 atom stereocenters. The van der Waals surface area contributed by atoms with Gasteiger partial charge in [0.25, 0.3) is 0 Å². The van der Waals surface area contributed by atoms with Gasteiger partial charge in [0, 0.05) is 29.8 Å². The van der Waals surface area contributed by atoms with Gasteiger partial charge in [-0.2, -0.15) is 0 Å². The van der Waals surface area contributed by atoms with E-state index in [1.807, 2.05) is 0 Å². The molecule has 3 N–H and O–H groups in total. The Morgan fingerprint density at radius 1 is 1.46 bits per heavy atom. The molecule has 1 fully saturated rings. The zero-order chi connectivity index (χ0) is 8.84. The normalized spacial score (nSPS) is 34.3. The van der Waals surface area contributed by atoms with Crippen LogP contribution in [0.5, 0.6) is 0 Å². The highest BCUT2D eigenvalue weighted by Crippen LogP contribution is 2.39. The van der Waals surface area contributed by atoms with E-state index < -0.39 is 0 Å². The van der Waals surface area contributed by atoms with E-state index in [0.29, 0.717) is 11.8 Å². The number of nitrogens with one attached hydrogen (secondary N) is 1. The third kappa shape index (κ3) is 0.886. The molecule has 3 aliphatic rings. The molecule has 0 saturated carbocycles. The molecule has 13 heavy (non-hydrogen) atoms. The Kier molecular flexibility index (Phi) is 1.23. The minimum Gasteiger partial charge on any atom is -0.399 e. The lowest BCUT2D eigenvalue weighted by Crippen LogP contribution is -2.18. The third-order valence-electron chi connectivity index (χ3n) is 2.97.